The van der Waals surface area contributed by atoms with Crippen LogP contribution in [0.2, 0.25) is 0 Å². The highest BCUT2D eigenvalue weighted by Gasteiger charge is 2.37. The number of hydrogen-bond donors (Lipinski definition) is 1. The normalized spacial score (nSPS) is 23.0. The molecular formula is C18H30N2O. The standard InChI is InChI=1S/C18H30N2O/c1-14(20-8-6-5-7-9-20)10-17(13-21)19-15(2)16-11-18(3,4)12-16/h13,16-17,19H,1-2,5-12H2,3-4H3. The van der Waals surface area contributed by atoms with Crippen LogP contribution in [-0.4, -0.2) is 30.3 Å². The summed E-state index contributed by atoms with van der Waals surface area (Å²) in [5.41, 5.74) is 2.54. The van der Waals surface area contributed by atoms with E-state index < -0.39 is 0 Å². The first-order valence-electron chi connectivity index (χ1n) is 8.24. The highest BCUT2D eigenvalue weighted by molar-refractivity contribution is 5.58. The zero-order valence-corrected chi connectivity index (χ0v) is 13.7. The maximum atomic E-state index is 11.4. The van der Waals surface area contributed by atoms with Gasteiger partial charge in [0.15, 0.2) is 0 Å². The van der Waals surface area contributed by atoms with E-state index >= 15 is 0 Å². The van der Waals surface area contributed by atoms with Gasteiger partial charge in [0, 0.05) is 30.9 Å². The van der Waals surface area contributed by atoms with Crippen LogP contribution in [0, 0.1) is 11.3 Å². The van der Waals surface area contributed by atoms with Crippen molar-refractivity contribution in [3.8, 4) is 0 Å². The summed E-state index contributed by atoms with van der Waals surface area (Å²) in [5.74, 6) is 0.519. The SMILES string of the molecule is C=C(NC(C=O)CC(=C)N1CCCCC1)C1CC(C)(C)C1. The first kappa shape index (κ1) is 16.1. The van der Waals surface area contributed by atoms with E-state index in [1.165, 1.54) is 19.3 Å². The molecule has 2 aliphatic rings. The van der Waals surface area contributed by atoms with Gasteiger partial charge < -0.3 is 15.0 Å². The number of nitrogens with one attached hydrogen (secondary N) is 1. The van der Waals surface area contributed by atoms with E-state index in [4.69, 9.17) is 0 Å². The number of aldehydes is 1. The molecule has 0 spiro atoms. The maximum absolute atomic E-state index is 11.4. The number of nitrogens with zero attached hydrogens (tertiary/aromatic N) is 1. The summed E-state index contributed by atoms with van der Waals surface area (Å²) in [5, 5.41) is 3.33. The second-order valence-corrected chi connectivity index (χ2v) is 7.50. The summed E-state index contributed by atoms with van der Waals surface area (Å²) >= 11 is 0. The summed E-state index contributed by atoms with van der Waals surface area (Å²) in [6.45, 7) is 15.0. The lowest BCUT2D eigenvalue weighted by Gasteiger charge is -2.44. The molecule has 1 aliphatic heterocycles. The Bertz CT molecular complexity index is 399. The second kappa shape index (κ2) is 6.67. The second-order valence-electron chi connectivity index (χ2n) is 7.50. The molecule has 1 aliphatic carbocycles. The summed E-state index contributed by atoms with van der Waals surface area (Å²) in [4.78, 5) is 13.7. The molecule has 118 valence electrons. The summed E-state index contributed by atoms with van der Waals surface area (Å²) in [6.07, 6.45) is 7.81. The predicted octanol–water partition coefficient (Wildman–Crippen LogP) is 3.48. The van der Waals surface area contributed by atoms with Crippen molar-refractivity contribution >= 4 is 6.29 Å². The topological polar surface area (TPSA) is 32.3 Å². The molecule has 0 amide bonds. The Balaban J connectivity index is 1.78. The van der Waals surface area contributed by atoms with Gasteiger partial charge >= 0.3 is 0 Å². The molecule has 2 rings (SSSR count). The van der Waals surface area contributed by atoms with Gasteiger partial charge in [0.05, 0.1) is 6.04 Å². The third-order valence-corrected chi connectivity index (χ3v) is 4.88. The van der Waals surface area contributed by atoms with Gasteiger partial charge in [0.25, 0.3) is 0 Å². The fourth-order valence-electron chi connectivity index (χ4n) is 3.60. The van der Waals surface area contributed by atoms with Crippen molar-refractivity contribution in [1.29, 1.82) is 0 Å². The molecule has 1 saturated heterocycles. The Hall–Kier alpha value is -1.25. The molecule has 1 N–H and O–H groups in total. The minimum absolute atomic E-state index is 0.185. The molecule has 1 heterocycles. The molecule has 1 saturated carbocycles. The van der Waals surface area contributed by atoms with Crippen LogP contribution in [-0.2, 0) is 4.79 Å². The third kappa shape index (κ3) is 4.36. The van der Waals surface area contributed by atoms with Crippen LogP contribution < -0.4 is 5.32 Å². The van der Waals surface area contributed by atoms with Crippen molar-refractivity contribution in [2.24, 2.45) is 11.3 Å². The highest BCUT2D eigenvalue weighted by Crippen LogP contribution is 2.47. The number of piperidine rings is 1. The molecule has 3 heteroatoms. The monoisotopic (exact) mass is 290 g/mol. The van der Waals surface area contributed by atoms with Crippen LogP contribution in [0.4, 0.5) is 0 Å². The number of carbonyl (C=O) groups excluding carboxylic acids is 1. The lowest BCUT2D eigenvalue weighted by molar-refractivity contribution is -0.109. The third-order valence-electron chi connectivity index (χ3n) is 4.88. The van der Waals surface area contributed by atoms with Crippen molar-refractivity contribution in [3.05, 3.63) is 24.6 Å². The van der Waals surface area contributed by atoms with Gasteiger partial charge in [-0.25, -0.2) is 0 Å². The van der Waals surface area contributed by atoms with E-state index in [0.29, 0.717) is 17.8 Å². The van der Waals surface area contributed by atoms with E-state index in [-0.39, 0.29) is 6.04 Å². The quantitative estimate of drug-likeness (QED) is 0.729. The largest absolute Gasteiger partial charge is 0.379 e. The van der Waals surface area contributed by atoms with Gasteiger partial charge in [0.1, 0.15) is 6.29 Å². The molecule has 2 fully saturated rings. The minimum atomic E-state index is -0.185. The fraction of sp³-hybridized carbons (Fsp3) is 0.722. The van der Waals surface area contributed by atoms with Crippen LogP contribution in [0.25, 0.3) is 0 Å². The number of rotatable bonds is 7. The van der Waals surface area contributed by atoms with E-state index in [0.717, 1.165) is 43.6 Å². The predicted molar refractivity (Wildman–Crippen MR) is 87.8 cm³/mol. The van der Waals surface area contributed by atoms with Gasteiger partial charge in [-0.2, -0.15) is 0 Å². The molecular weight excluding hydrogens is 260 g/mol. The van der Waals surface area contributed by atoms with Crippen molar-refractivity contribution in [2.45, 2.75) is 58.4 Å². The average molecular weight is 290 g/mol. The first-order valence-corrected chi connectivity index (χ1v) is 8.24. The molecule has 0 aromatic carbocycles. The highest BCUT2D eigenvalue weighted by atomic mass is 16.1. The van der Waals surface area contributed by atoms with Crippen LogP contribution in [0.1, 0.15) is 52.4 Å². The van der Waals surface area contributed by atoms with Gasteiger partial charge in [-0.3, -0.25) is 0 Å². The smallest absolute Gasteiger partial charge is 0.142 e. The van der Waals surface area contributed by atoms with Crippen LogP contribution in [0.5, 0.6) is 0 Å². The van der Waals surface area contributed by atoms with Crippen molar-refractivity contribution in [3.63, 3.8) is 0 Å². The Morgan fingerprint density at radius 1 is 1.29 bits per heavy atom. The molecule has 0 radical (unpaired) electrons. The van der Waals surface area contributed by atoms with Crippen LogP contribution >= 0.6 is 0 Å². The zero-order chi connectivity index (χ0) is 15.5. The Labute approximate surface area is 129 Å². The van der Waals surface area contributed by atoms with Gasteiger partial charge in [-0.15, -0.1) is 0 Å². The van der Waals surface area contributed by atoms with E-state index in [1.54, 1.807) is 0 Å². The molecule has 1 atom stereocenters. The van der Waals surface area contributed by atoms with E-state index in [1.807, 2.05) is 0 Å². The molecule has 0 aromatic rings. The van der Waals surface area contributed by atoms with Crippen molar-refractivity contribution < 1.29 is 4.79 Å². The molecule has 0 aromatic heterocycles. The van der Waals surface area contributed by atoms with Crippen molar-refractivity contribution in [2.75, 3.05) is 13.1 Å². The molecule has 3 nitrogen and oxygen atoms in total. The lowest BCUT2D eigenvalue weighted by atomic mass is 9.63. The average Bonchev–Trinajstić information content (AvgIpc) is 2.44. The van der Waals surface area contributed by atoms with Gasteiger partial charge in [-0.05, 0) is 43.4 Å². The summed E-state index contributed by atoms with van der Waals surface area (Å²) in [6, 6.07) is -0.185. The zero-order valence-electron chi connectivity index (χ0n) is 13.7. The summed E-state index contributed by atoms with van der Waals surface area (Å²) < 4.78 is 0. The summed E-state index contributed by atoms with van der Waals surface area (Å²) in [7, 11) is 0. The molecule has 21 heavy (non-hydrogen) atoms. The number of hydrogen-bond acceptors (Lipinski definition) is 3. The lowest BCUT2D eigenvalue weighted by Crippen LogP contribution is -2.41. The van der Waals surface area contributed by atoms with E-state index in [9.17, 15) is 4.79 Å². The molecule has 0 bridgehead atoms. The molecule has 1 unspecified atom stereocenters. The Morgan fingerprint density at radius 3 is 2.43 bits per heavy atom. The Morgan fingerprint density at radius 2 is 1.90 bits per heavy atom. The number of allylic oxidation sites excluding steroid dienone is 1. The van der Waals surface area contributed by atoms with Crippen LogP contribution in [0.15, 0.2) is 24.6 Å². The minimum Gasteiger partial charge on any atom is -0.379 e. The number of likely N-dealkylation sites (tertiary alicyclic amines) is 1. The van der Waals surface area contributed by atoms with Gasteiger partial charge in [-0.1, -0.05) is 27.0 Å². The Kier molecular flexibility index (Phi) is 5.13. The first-order chi connectivity index (χ1) is 9.91. The fourth-order valence-corrected chi connectivity index (χ4v) is 3.60. The van der Waals surface area contributed by atoms with Crippen molar-refractivity contribution in [1.82, 2.24) is 10.2 Å². The van der Waals surface area contributed by atoms with Gasteiger partial charge in [0.2, 0.25) is 0 Å². The maximum Gasteiger partial charge on any atom is 0.142 e. The van der Waals surface area contributed by atoms with Crippen LogP contribution in [0.3, 0.4) is 0 Å². The van der Waals surface area contributed by atoms with E-state index in [2.05, 4.69) is 37.2 Å². The number of carbonyl (C=O) groups is 1.